The molecule has 0 saturated carbocycles. The van der Waals surface area contributed by atoms with Crippen molar-refractivity contribution < 1.29 is 4.79 Å². The molecule has 5 nitrogen and oxygen atoms in total. The summed E-state index contributed by atoms with van der Waals surface area (Å²) in [7, 11) is 0. The molecule has 1 fully saturated rings. The molecular formula is C24H26N4O. The van der Waals surface area contributed by atoms with Gasteiger partial charge in [-0.25, -0.2) is 0 Å². The topological polar surface area (TPSA) is 72.1 Å². The quantitative estimate of drug-likeness (QED) is 0.704. The van der Waals surface area contributed by atoms with Crippen LogP contribution in [-0.2, 0) is 17.8 Å². The van der Waals surface area contributed by atoms with Crippen molar-refractivity contribution >= 4 is 5.91 Å². The molecule has 4 rings (SSSR count). The van der Waals surface area contributed by atoms with Crippen LogP contribution >= 0.6 is 0 Å². The van der Waals surface area contributed by atoms with E-state index in [1.54, 1.807) is 12.4 Å². The van der Waals surface area contributed by atoms with E-state index in [0.29, 0.717) is 6.42 Å². The van der Waals surface area contributed by atoms with Gasteiger partial charge in [-0.05, 0) is 66.7 Å². The van der Waals surface area contributed by atoms with Crippen molar-refractivity contribution in [2.45, 2.75) is 25.8 Å². The number of likely N-dealkylation sites (tertiary alicyclic amines) is 1. The van der Waals surface area contributed by atoms with Gasteiger partial charge in [-0.2, -0.15) is 0 Å². The lowest BCUT2D eigenvalue weighted by molar-refractivity contribution is -0.130. The lowest BCUT2D eigenvalue weighted by Crippen LogP contribution is -2.48. The number of carbonyl (C=O) groups is 1. The largest absolute Gasteiger partial charge is 0.369 e. The second-order valence-electron chi connectivity index (χ2n) is 7.90. The van der Waals surface area contributed by atoms with E-state index in [-0.39, 0.29) is 5.91 Å². The number of hydrogen-bond acceptors (Lipinski definition) is 4. The lowest BCUT2D eigenvalue weighted by atomic mass is 9.73. The number of nitrogens with two attached hydrogens (primary N) is 1. The molecule has 2 aromatic heterocycles. The average Bonchev–Trinajstić information content (AvgIpc) is 2.77. The molecule has 0 aliphatic carbocycles. The van der Waals surface area contributed by atoms with E-state index in [2.05, 4.69) is 45.2 Å². The van der Waals surface area contributed by atoms with Gasteiger partial charge in [0.2, 0.25) is 5.91 Å². The summed E-state index contributed by atoms with van der Waals surface area (Å²) >= 11 is 0. The second kappa shape index (κ2) is 8.53. The Hall–Kier alpha value is -3.05. The Morgan fingerprint density at radius 3 is 2.17 bits per heavy atom. The van der Waals surface area contributed by atoms with Crippen LogP contribution in [0.4, 0.5) is 0 Å². The van der Waals surface area contributed by atoms with Crippen molar-refractivity contribution in [2.24, 2.45) is 11.1 Å². The van der Waals surface area contributed by atoms with Crippen molar-refractivity contribution in [3.63, 3.8) is 0 Å². The van der Waals surface area contributed by atoms with Gasteiger partial charge in [0.15, 0.2) is 0 Å². The van der Waals surface area contributed by atoms with Gasteiger partial charge in [-0.15, -0.1) is 0 Å². The number of piperidine rings is 1. The van der Waals surface area contributed by atoms with Gasteiger partial charge in [0.1, 0.15) is 0 Å². The first-order valence-corrected chi connectivity index (χ1v) is 10.1. The third kappa shape index (κ3) is 4.51. The van der Waals surface area contributed by atoms with E-state index < -0.39 is 5.41 Å². The van der Waals surface area contributed by atoms with Gasteiger partial charge >= 0.3 is 0 Å². The molecule has 2 N–H and O–H groups in total. The lowest BCUT2D eigenvalue weighted by Gasteiger charge is -2.40. The first-order valence-electron chi connectivity index (χ1n) is 10.1. The molecule has 0 spiro atoms. The number of carbonyl (C=O) groups excluding carboxylic acids is 1. The summed E-state index contributed by atoms with van der Waals surface area (Å²) in [6.45, 7) is 2.60. The maximum absolute atomic E-state index is 12.4. The van der Waals surface area contributed by atoms with Crippen LogP contribution in [0, 0.1) is 5.41 Å². The minimum absolute atomic E-state index is 0.185. The number of nitrogens with zero attached hydrogens (tertiary/aromatic N) is 3. The number of amides is 1. The summed E-state index contributed by atoms with van der Waals surface area (Å²) < 4.78 is 0. The van der Waals surface area contributed by atoms with Crippen molar-refractivity contribution in [2.75, 3.05) is 13.1 Å². The maximum Gasteiger partial charge on any atom is 0.224 e. The standard InChI is InChI=1S/C24H26N4O/c25-23(29)24(9-13-28(14-10-24)18-20-3-1-11-26-16-20)15-19-5-7-21(8-6-19)22-4-2-12-27-17-22/h1-8,11-12,16-17H,9-10,13-15,18H2,(H2,25,29). The zero-order valence-electron chi connectivity index (χ0n) is 16.5. The summed E-state index contributed by atoms with van der Waals surface area (Å²) in [6, 6.07) is 16.4. The van der Waals surface area contributed by atoms with E-state index >= 15 is 0 Å². The number of primary amides is 1. The Morgan fingerprint density at radius 2 is 1.59 bits per heavy atom. The summed E-state index contributed by atoms with van der Waals surface area (Å²) in [5.74, 6) is -0.185. The molecule has 0 unspecified atom stereocenters. The second-order valence-corrected chi connectivity index (χ2v) is 7.90. The predicted molar refractivity (Wildman–Crippen MR) is 114 cm³/mol. The molecule has 148 valence electrons. The fraction of sp³-hybridized carbons (Fsp3) is 0.292. The molecule has 0 radical (unpaired) electrons. The molecule has 1 saturated heterocycles. The van der Waals surface area contributed by atoms with E-state index in [9.17, 15) is 4.79 Å². The molecule has 3 heterocycles. The summed E-state index contributed by atoms with van der Waals surface area (Å²) in [6.07, 6.45) is 9.58. The van der Waals surface area contributed by atoms with E-state index in [1.807, 2.05) is 30.6 Å². The molecule has 1 aliphatic heterocycles. The molecule has 5 heteroatoms. The van der Waals surface area contributed by atoms with Crippen LogP contribution in [0.2, 0.25) is 0 Å². The van der Waals surface area contributed by atoms with Crippen molar-refractivity contribution in [3.8, 4) is 11.1 Å². The molecule has 1 aromatic carbocycles. The molecule has 29 heavy (non-hydrogen) atoms. The number of benzene rings is 1. The van der Waals surface area contributed by atoms with Gasteiger partial charge in [-0.1, -0.05) is 36.4 Å². The SMILES string of the molecule is NC(=O)C1(Cc2ccc(-c3cccnc3)cc2)CCN(Cc2cccnc2)CC1. The van der Waals surface area contributed by atoms with Gasteiger partial charge in [0.25, 0.3) is 0 Å². The third-order valence-corrected chi connectivity index (χ3v) is 5.96. The Labute approximate surface area is 171 Å². The Kier molecular flexibility index (Phi) is 5.67. The van der Waals surface area contributed by atoms with Gasteiger partial charge in [0, 0.05) is 31.3 Å². The van der Waals surface area contributed by atoms with Crippen molar-refractivity contribution in [1.29, 1.82) is 0 Å². The summed E-state index contributed by atoms with van der Waals surface area (Å²) in [4.78, 5) is 23.2. The van der Waals surface area contributed by atoms with Gasteiger partial charge < -0.3 is 5.73 Å². The van der Waals surface area contributed by atoms with Crippen LogP contribution in [0.25, 0.3) is 11.1 Å². The van der Waals surface area contributed by atoms with Crippen molar-refractivity contribution in [1.82, 2.24) is 14.9 Å². The first kappa shape index (κ1) is 19.3. The minimum Gasteiger partial charge on any atom is -0.369 e. The molecule has 0 bridgehead atoms. The van der Waals surface area contributed by atoms with Crippen LogP contribution in [0.15, 0.2) is 73.3 Å². The summed E-state index contributed by atoms with van der Waals surface area (Å²) in [5.41, 5.74) is 9.99. The third-order valence-electron chi connectivity index (χ3n) is 5.96. The number of rotatable bonds is 6. The maximum atomic E-state index is 12.4. The Balaban J connectivity index is 1.42. The van der Waals surface area contributed by atoms with Crippen LogP contribution < -0.4 is 5.73 Å². The minimum atomic E-state index is -0.471. The van der Waals surface area contributed by atoms with Crippen molar-refractivity contribution in [3.05, 3.63) is 84.4 Å². The highest BCUT2D eigenvalue weighted by Gasteiger charge is 2.39. The zero-order valence-corrected chi connectivity index (χ0v) is 16.5. The van der Waals surface area contributed by atoms with Crippen LogP contribution in [0.1, 0.15) is 24.0 Å². The molecule has 1 amide bonds. The number of aromatic nitrogens is 2. The fourth-order valence-corrected chi connectivity index (χ4v) is 4.14. The Bertz CT molecular complexity index is 934. The highest BCUT2D eigenvalue weighted by molar-refractivity contribution is 5.81. The number of hydrogen-bond donors (Lipinski definition) is 1. The van der Waals surface area contributed by atoms with Gasteiger partial charge in [-0.3, -0.25) is 19.7 Å². The molecule has 3 aromatic rings. The molecule has 1 aliphatic rings. The summed E-state index contributed by atoms with van der Waals surface area (Å²) in [5, 5.41) is 0. The van der Waals surface area contributed by atoms with Gasteiger partial charge in [0.05, 0.1) is 5.41 Å². The predicted octanol–water partition coefficient (Wildman–Crippen LogP) is 3.45. The van der Waals surface area contributed by atoms with E-state index in [1.165, 1.54) is 5.56 Å². The normalized spacial score (nSPS) is 16.4. The number of pyridine rings is 2. The Morgan fingerprint density at radius 1 is 0.897 bits per heavy atom. The first-order chi connectivity index (χ1) is 14.1. The highest BCUT2D eigenvalue weighted by atomic mass is 16.1. The monoisotopic (exact) mass is 386 g/mol. The smallest absolute Gasteiger partial charge is 0.224 e. The van der Waals surface area contributed by atoms with E-state index in [4.69, 9.17) is 5.73 Å². The van der Waals surface area contributed by atoms with E-state index in [0.717, 1.165) is 49.2 Å². The van der Waals surface area contributed by atoms with Crippen LogP contribution in [0.3, 0.4) is 0 Å². The molecule has 0 atom stereocenters. The highest BCUT2D eigenvalue weighted by Crippen LogP contribution is 2.36. The van der Waals surface area contributed by atoms with Crippen LogP contribution in [0.5, 0.6) is 0 Å². The van der Waals surface area contributed by atoms with Crippen LogP contribution in [-0.4, -0.2) is 33.9 Å². The fourth-order valence-electron chi connectivity index (χ4n) is 4.14. The molecular weight excluding hydrogens is 360 g/mol. The average molecular weight is 386 g/mol. The zero-order chi connectivity index (χ0) is 20.1.